The van der Waals surface area contributed by atoms with E-state index in [1.165, 1.54) is 21.9 Å². The van der Waals surface area contributed by atoms with Crippen LogP contribution < -0.4 is 10.3 Å². The smallest absolute Gasteiger partial charge is 0.275 e. The molecule has 0 spiro atoms. The maximum Gasteiger partial charge on any atom is 0.275 e. The van der Waals surface area contributed by atoms with Gasteiger partial charge in [-0.25, -0.2) is 4.98 Å². The minimum absolute atomic E-state index is 0.0254. The molecule has 0 bridgehead atoms. The quantitative estimate of drug-likeness (QED) is 0.396. The zero-order chi connectivity index (χ0) is 24.4. The van der Waals surface area contributed by atoms with Crippen molar-refractivity contribution in [3.05, 3.63) is 81.2 Å². The molecular formula is C25H24ClN5O3S. The van der Waals surface area contributed by atoms with E-state index in [2.05, 4.69) is 15.0 Å². The van der Waals surface area contributed by atoms with E-state index in [4.69, 9.17) is 16.3 Å². The Kier molecular flexibility index (Phi) is 6.81. The van der Waals surface area contributed by atoms with Gasteiger partial charge < -0.3 is 9.64 Å². The Balaban J connectivity index is 1.20. The molecule has 1 amide bonds. The third kappa shape index (κ3) is 5.37. The van der Waals surface area contributed by atoms with Crippen LogP contribution >= 0.6 is 22.9 Å². The maximum absolute atomic E-state index is 12.7. The fourth-order valence-corrected chi connectivity index (χ4v) is 5.25. The van der Waals surface area contributed by atoms with Crippen LogP contribution in [0.4, 0.5) is 0 Å². The fraction of sp³-hybridized carbons (Fsp3) is 0.280. The van der Waals surface area contributed by atoms with E-state index < -0.39 is 0 Å². The molecule has 1 aliphatic rings. The molecule has 180 valence electrons. The molecule has 5 rings (SSSR count). The van der Waals surface area contributed by atoms with E-state index in [9.17, 15) is 9.59 Å². The summed E-state index contributed by atoms with van der Waals surface area (Å²) in [7, 11) is 0. The van der Waals surface area contributed by atoms with Crippen LogP contribution in [0.25, 0.3) is 15.5 Å². The van der Waals surface area contributed by atoms with Crippen molar-refractivity contribution in [2.75, 3.05) is 32.8 Å². The Labute approximate surface area is 211 Å². The van der Waals surface area contributed by atoms with Gasteiger partial charge in [0.15, 0.2) is 6.61 Å². The first-order chi connectivity index (χ1) is 17.0. The van der Waals surface area contributed by atoms with Crippen LogP contribution in [0.5, 0.6) is 5.75 Å². The van der Waals surface area contributed by atoms with Gasteiger partial charge in [0, 0.05) is 44.4 Å². The van der Waals surface area contributed by atoms with Crippen LogP contribution in [0.1, 0.15) is 11.3 Å². The summed E-state index contributed by atoms with van der Waals surface area (Å²) in [5.74, 6) is 0.672. The molecule has 0 N–H and O–H groups in total. The molecule has 3 heterocycles. The van der Waals surface area contributed by atoms with E-state index in [0.29, 0.717) is 59.2 Å². The minimum Gasteiger partial charge on any atom is -0.484 e. The number of ether oxygens (including phenoxy) is 1. The van der Waals surface area contributed by atoms with Crippen LogP contribution in [0.2, 0.25) is 5.02 Å². The lowest BCUT2D eigenvalue weighted by atomic mass is 10.2. The molecule has 0 aliphatic carbocycles. The molecule has 10 heteroatoms. The molecule has 1 fully saturated rings. The number of rotatable bonds is 6. The predicted molar refractivity (Wildman–Crippen MR) is 136 cm³/mol. The summed E-state index contributed by atoms with van der Waals surface area (Å²) in [5.41, 5.74) is 2.33. The zero-order valence-electron chi connectivity index (χ0n) is 19.2. The lowest BCUT2D eigenvalue weighted by Gasteiger charge is -2.34. The average molecular weight is 510 g/mol. The van der Waals surface area contributed by atoms with E-state index >= 15 is 0 Å². The topological polar surface area (TPSA) is 80.0 Å². The second kappa shape index (κ2) is 10.2. The van der Waals surface area contributed by atoms with Crippen LogP contribution in [0.15, 0.2) is 59.4 Å². The molecule has 2 aromatic carbocycles. The summed E-state index contributed by atoms with van der Waals surface area (Å²) in [6, 6.07) is 16.6. The Morgan fingerprint density at radius 2 is 1.89 bits per heavy atom. The van der Waals surface area contributed by atoms with E-state index in [1.54, 1.807) is 6.07 Å². The summed E-state index contributed by atoms with van der Waals surface area (Å²) >= 11 is 7.63. The largest absolute Gasteiger partial charge is 0.484 e. The number of carbonyl (C=O) groups is 1. The number of benzene rings is 2. The average Bonchev–Trinajstić information content (AvgIpc) is 3.28. The molecule has 35 heavy (non-hydrogen) atoms. The predicted octanol–water partition coefficient (Wildman–Crippen LogP) is 3.50. The minimum atomic E-state index is -0.221. The van der Waals surface area contributed by atoms with Crippen molar-refractivity contribution in [1.29, 1.82) is 0 Å². The normalized spacial score (nSPS) is 14.4. The number of nitrogens with zero attached hydrogens (tertiary/aromatic N) is 5. The summed E-state index contributed by atoms with van der Waals surface area (Å²) in [6.45, 7) is 5.16. The van der Waals surface area contributed by atoms with Crippen molar-refractivity contribution in [1.82, 2.24) is 24.4 Å². The van der Waals surface area contributed by atoms with Crippen LogP contribution in [0, 0.1) is 6.92 Å². The van der Waals surface area contributed by atoms with Gasteiger partial charge in [0.25, 0.3) is 11.5 Å². The third-order valence-corrected chi connectivity index (χ3v) is 7.14. The van der Waals surface area contributed by atoms with Gasteiger partial charge in [-0.05, 0) is 30.7 Å². The fourth-order valence-electron chi connectivity index (χ4n) is 4.01. The molecule has 4 aromatic rings. The SMILES string of the molecule is Cc1cccc(OCC(=O)N2CCN(Cc3cc(=O)n4nc(-c5ccccc5Cl)sc4n3)CC2)c1. The molecule has 0 radical (unpaired) electrons. The zero-order valence-corrected chi connectivity index (χ0v) is 20.8. The number of aromatic nitrogens is 3. The summed E-state index contributed by atoms with van der Waals surface area (Å²) < 4.78 is 6.97. The van der Waals surface area contributed by atoms with E-state index in [1.807, 2.05) is 54.3 Å². The number of carbonyl (C=O) groups excluding carboxylic acids is 1. The summed E-state index contributed by atoms with van der Waals surface area (Å²) in [4.78, 5) is 34.4. The lowest BCUT2D eigenvalue weighted by molar-refractivity contribution is -0.135. The number of fused-ring (bicyclic) bond motifs is 1. The molecule has 0 saturated carbocycles. The van der Waals surface area contributed by atoms with Crippen LogP contribution in [-0.4, -0.2) is 63.1 Å². The molecule has 1 saturated heterocycles. The van der Waals surface area contributed by atoms with Gasteiger partial charge in [-0.3, -0.25) is 14.5 Å². The first-order valence-corrected chi connectivity index (χ1v) is 12.5. The number of piperazine rings is 1. The number of amides is 1. The molecule has 0 unspecified atom stereocenters. The van der Waals surface area contributed by atoms with Crippen molar-refractivity contribution < 1.29 is 9.53 Å². The Bertz CT molecular complexity index is 1430. The molecule has 8 nitrogen and oxygen atoms in total. The number of halogens is 1. The first-order valence-electron chi connectivity index (χ1n) is 11.3. The molecule has 0 atom stereocenters. The number of hydrogen-bond acceptors (Lipinski definition) is 7. The molecular weight excluding hydrogens is 486 g/mol. The second-order valence-corrected chi connectivity index (χ2v) is 9.79. The van der Waals surface area contributed by atoms with Crippen molar-refractivity contribution in [3.63, 3.8) is 0 Å². The first kappa shape index (κ1) is 23.5. The number of hydrogen-bond donors (Lipinski definition) is 0. The van der Waals surface area contributed by atoms with Crippen molar-refractivity contribution in [2.45, 2.75) is 13.5 Å². The summed E-state index contributed by atoms with van der Waals surface area (Å²) in [6.07, 6.45) is 0. The highest BCUT2D eigenvalue weighted by molar-refractivity contribution is 7.19. The highest BCUT2D eigenvalue weighted by atomic mass is 35.5. The number of aryl methyl sites for hydroxylation is 1. The van der Waals surface area contributed by atoms with Gasteiger partial charge in [-0.15, -0.1) is 0 Å². The monoisotopic (exact) mass is 509 g/mol. The van der Waals surface area contributed by atoms with Gasteiger partial charge in [0.2, 0.25) is 4.96 Å². The third-order valence-electron chi connectivity index (χ3n) is 5.86. The van der Waals surface area contributed by atoms with Gasteiger partial charge in [-0.2, -0.15) is 9.61 Å². The Hall–Kier alpha value is -3.27. The van der Waals surface area contributed by atoms with Crippen LogP contribution in [0.3, 0.4) is 0 Å². The lowest BCUT2D eigenvalue weighted by Crippen LogP contribution is -2.49. The molecule has 1 aliphatic heterocycles. The Morgan fingerprint density at radius 3 is 2.66 bits per heavy atom. The molecule has 2 aromatic heterocycles. The van der Waals surface area contributed by atoms with Crippen molar-refractivity contribution in [2.24, 2.45) is 0 Å². The van der Waals surface area contributed by atoms with E-state index in [0.717, 1.165) is 11.1 Å². The van der Waals surface area contributed by atoms with Crippen molar-refractivity contribution >= 4 is 33.8 Å². The Morgan fingerprint density at radius 1 is 1.09 bits per heavy atom. The van der Waals surface area contributed by atoms with E-state index in [-0.39, 0.29) is 18.1 Å². The second-order valence-electron chi connectivity index (χ2n) is 8.43. The van der Waals surface area contributed by atoms with Gasteiger partial charge >= 0.3 is 0 Å². The van der Waals surface area contributed by atoms with Gasteiger partial charge in [-0.1, -0.05) is 53.3 Å². The maximum atomic E-state index is 12.7. The summed E-state index contributed by atoms with van der Waals surface area (Å²) in [5, 5.41) is 5.64. The highest BCUT2D eigenvalue weighted by Crippen LogP contribution is 2.30. The standard InChI is InChI=1S/C25H24ClN5O3S/c1-17-5-4-6-19(13-17)34-16-23(33)30-11-9-29(10-12-30)15-18-14-22(32)31-25(27-18)35-24(28-31)20-7-2-3-8-21(20)26/h2-8,13-14H,9-12,15-16H2,1H3. The van der Waals surface area contributed by atoms with Gasteiger partial charge in [0.1, 0.15) is 10.8 Å². The highest BCUT2D eigenvalue weighted by Gasteiger charge is 2.22. The van der Waals surface area contributed by atoms with Gasteiger partial charge in [0.05, 0.1) is 10.7 Å². The van der Waals surface area contributed by atoms with Crippen LogP contribution in [-0.2, 0) is 11.3 Å². The van der Waals surface area contributed by atoms with Crippen molar-refractivity contribution in [3.8, 4) is 16.3 Å².